The number of hydrogen-bond donors (Lipinski definition) is 1. The first kappa shape index (κ1) is 25.7. The highest BCUT2D eigenvalue weighted by molar-refractivity contribution is 7.15. The Morgan fingerprint density at radius 1 is 1.17 bits per heavy atom. The summed E-state index contributed by atoms with van der Waals surface area (Å²) in [7, 11) is 0. The Morgan fingerprint density at radius 2 is 1.94 bits per heavy atom. The molecule has 0 spiro atoms. The number of alkyl halides is 3. The summed E-state index contributed by atoms with van der Waals surface area (Å²) in [5.41, 5.74) is 11.6. The van der Waals surface area contributed by atoms with Crippen LogP contribution in [0.5, 0.6) is 5.75 Å². The lowest BCUT2D eigenvalue weighted by Gasteiger charge is -2.12. The van der Waals surface area contributed by atoms with Crippen molar-refractivity contribution < 1.29 is 32.2 Å². The lowest BCUT2D eigenvalue weighted by atomic mass is 9.98. The maximum absolute atomic E-state index is 12.3. The van der Waals surface area contributed by atoms with E-state index in [0.29, 0.717) is 31.6 Å². The topological polar surface area (TPSA) is 91.5 Å². The summed E-state index contributed by atoms with van der Waals surface area (Å²) in [5.74, 6) is -3.29. The van der Waals surface area contributed by atoms with Gasteiger partial charge in [-0.2, -0.15) is 13.2 Å². The zero-order valence-corrected chi connectivity index (χ0v) is 20.6. The molecule has 0 fully saturated rings. The van der Waals surface area contributed by atoms with Crippen molar-refractivity contribution in [3.05, 3.63) is 63.7 Å². The van der Waals surface area contributed by atoms with Crippen molar-refractivity contribution in [2.45, 2.75) is 51.6 Å². The third-order valence-corrected chi connectivity index (χ3v) is 7.26. The third-order valence-electron chi connectivity index (χ3n) is 6.19. The number of nitrogens with two attached hydrogens (primary N) is 1. The summed E-state index contributed by atoms with van der Waals surface area (Å²) in [6.45, 7) is 4.41. The Morgan fingerprint density at radius 3 is 2.67 bits per heavy atom. The number of halogens is 3. The molecule has 0 amide bonds. The van der Waals surface area contributed by atoms with E-state index in [1.54, 1.807) is 17.4 Å². The minimum atomic E-state index is -5.19. The van der Waals surface area contributed by atoms with Gasteiger partial charge >= 0.3 is 18.1 Å². The lowest BCUT2D eigenvalue weighted by Crippen LogP contribution is -2.28. The van der Waals surface area contributed by atoms with E-state index in [2.05, 4.69) is 4.74 Å². The van der Waals surface area contributed by atoms with Crippen LogP contribution in [0, 0.1) is 13.8 Å². The summed E-state index contributed by atoms with van der Waals surface area (Å²) < 4.78 is 46.7. The van der Waals surface area contributed by atoms with E-state index in [4.69, 9.17) is 15.5 Å². The molecular weight excluding hydrogens is 493 g/mol. The normalized spacial score (nSPS) is 15.0. The van der Waals surface area contributed by atoms with E-state index in [9.17, 15) is 22.8 Å². The highest BCUT2D eigenvalue weighted by atomic mass is 32.1. The van der Waals surface area contributed by atoms with Crippen LogP contribution in [0.4, 0.5) is 18.9 Å². The SMILES string of the molecule is Cc1ccc(-c2nc(CCOc3ccc4c(c3)CCC4CC(=O)OC(=O)C(F)(F)F)c(C)s2)cc1N. The van der Waals surface area contributed by atoms with E-state index in [1.807, 2.05) is 44.2 Å². The molecule has 1 aliphatic carbocycles. The molecule has 6 nitrogen and oxygen atoms in total. The Hall–Kier alpha value is -3.40. The zero-order chi connectivity index (χ0) is 26.0. The molecule has 0 saturated carbocycles. The average Bonchev–Trinajstić information content (AvgIpc) is 3.38. The van der Waals surface area contributed by atoms with Crippen LogP contribution in [-0.2, 0) is 27.2 Å². The van der Waals surface area contributed by atoms with Crippen LogP contribution >= 0.6 is 11.3 Å². The molecule has 2 aromatic carbocycles. The van der Waals surface area contributed by atoms with E-state index in [1.165, 1.54) is 0 Å². The van der Waals surface area contributed by atoms with Crippen LogP contribution in [0.3, 0.4) is 0 Å². The largest absolute Gasteiger partial charge is 0.493 e. The van der Waals surface area contributed by atoms with Crippen LogP contribution in [-0.4, -0.2) is 29.7 Å². The number of carbonyl (C=O) groups excluding carboxylic acids is 2. The van der Waals surface area contributed by atoms with Crippen LogP contribution in [0.1, 0.15) is 46.0 Å². The van der Waals surface area contributed by atoms with Gasteiger partial charge in [0.15, 0.2) is 0 Å². The second-order valence-electron chi connectivity index (χ2n) is 8.75. The van der Waals surface area contributed by atoms with Gasteiger partial charge in [0.2, 0.25) is 0 Å². The molecule has 1 aliphatic rings. The molecule has 0 saturated heterocycles. The summed E-state index contributed by atoms with van der Waals surface area (Å²) in [4.78, 5) is 28.5. The van der Waals surface area contributed by atoms with Gasteiger partial charge in [0.05, 0.1) is 18.7 Å². The second kappa shape index (κ2) is 10.3. The van der Waals surface area contributed by atoms with Gasteiger partial charge in [-0.05, 0) is 67.5 Å². The van der Waals surface area contributed by atoms with E-state index in [-0.39, 0.29) is 12.3 Å². The molecule has 1 aromatic heterocycles. The van der Waals surface area contributed by atoms with Gasteiger partial charge in [-0.3, -0.25) is 4.79 Å². The first-order valence-corrected chi connectivity index (χ1v) is 12.2. The smallest absolute Gasteiger partial charge is 0.491 e. The fraction of sp³-hybridized carbons (Fsp3) is 0.346. The van der Waals surface area contributed by atoms with Gasteiger partial charge in [0.25, 0.3) is 0 Å². The fourth-order valence-corrected chi connectivity index (χ4v) is 5.17. The highest BCUT2D eigenvalue weighted by Crippen LogP contribution is 2.38. The fourth-order valence-electron chi connectivity index (χ4n) is 4.21. The van der Waals surface area contributed by atoms with Crippen molar-refractivity contribution >= 4 is 29.0 Å². The van der Waals surface area contributed by atoms with Crippen LogP contribution in [0.2, 0.25) is 0 Å². The lowest BCUT2D eigenvalue weighted by molar-refractivity contribution is -0.202. The molecule has 4 rings (SSSR count). The average molecular weight is 519 g/mol. The molecule has 3 aromatic rings. The van der Waals surface area contributed by atoms with Crippen LogP contribution < -0.4 is 10.5 Å². The molecule has 0 radical (unpaired) electrons. The molecule has 2 N–H and O–H groups in total. The number of rotatable bonds is 7. The standard InChI is InChI=1S/C26H25F3N2O4S/c1-14-3-4-18(12-21(14)30)24-31-22(15(2)36-24)9-10-34-19-7-8-20-16(11-19)5-6-17(20)13-23(32)35-25(33)26(27,28)29/h3-4,7-8,11-12,17H,5-6,9-10,13,30H2,1-2H3. The summed E-state index contributed by atoms with van der Waals surface area (Å²) in [6, 6.07) is 11.4. The van der Waals surface area contributed by atoms with Gasteiger partial charge in [-0.1, -0.05) is 18.2 Å². The Bertz CT molecular complexity index is 1300. The predicted octanol–water partition coefficient (Wildman–Crippen LogP) is 5.68. The zero-order valence-electron chi connectivity index (χ0n) is 19.8. The number of anilines is 1. The quantitative estimate of drug-likeness (QED) is 0.246. The van der Waals surface area contributed by atoms with Gasteiger partial charge < -0.3 is 15.2 Å². The molecule has 1 unspecified atom stereocenters. The van der Waals surface area contributed by atoms with E-state index in [0.717, 1.165) is 43.5 Å². The molecular formula is C26H25F3N2O4S. The first-order chi connectivity index (χ1) is 17.0. The Balaban J connectivity index is 1.33. The van der Waals surface area contributed by atoms with Crippen molar-refractivity contribution in [1.29, 1.82) is 0 Å². The number of thiazole rings is 1. The van der Waals surface area contributed by atoms with Gasteiger partial charge in [-0.25, -0.2) is 9.78 Å². The number of carbonyl (C=O) groups is 2. The maximum atomic E-state index is 12.3. The first-order valence-electron chi connectivity index (χ1n) is 11.4. The van der Waals surface area contributed by atoms with Crippen LogP contribution in [0.25, 0.3) is 10.6 Å². The van der Waals surface area contributed by atoms with Crippen molar-refractivity contribution in [3.8, 4) is 16.3 Å². The third kappa shape index (κ3) is 5.87. The molecule has 0 bridgehead atoms. The number of esters is 2. The van der Waals surface area contributed by atoms with Crippen molar-refractivity contribution in [2.24, 2.45) is 0 Å². The van der Waals surface area contributed by atoms with Gasteiger partial charge in [-0.15, -0.1) is 11.3 Å². The number of aromatic nitrogens is 1. The second-order valence-corrected chi connectivity index (χ2v) is 9.95. The minimum absolute atomic E-state index is 0.285. The number of fused-ring (bicyclic) bond motifs is 1. The highest BCUT2D eigenvalue weighted by Gasteiger charge is 2.42. The van der Waals surface area contributed by atoms with Crippen molar-refractivity contribution in [3.63, 3.8) is 0 Å². The molecule has 1 heterocycles. The van der Waals surface area contributed by atoms with Crippen molar-refractivity contribution in [2.75, 3.05) is 12.3 Å². The Labute approximate surface area is 210 Å². The monoisotopic (exact) mass is 518 g/mol. The minimum Gasteiger partial charge on any atom is -0.493 e. The number of benzene rings is 2. The number of nitrogen functional groups attached to an aromatic ring is 1. The Kier molecular flexibility index (Phi) is 7.35. The summed E-state index contributed by atoms with van der Waals surface area (Å²) >= 11 is 1.61. The predicted molar refractivity (Wildman–Crippen MR) is 130 cm³/mol. The summed E-state index contributed by atoms with van der Waals surface area (Å²) in [5, 5.41) is 0.910. The number of hydrogen-bond acceptors (Lipinski definition) is 7. The van der Waals surface area contributed by atoms with Gasteiger partial charge in [0, 0.05) is 22.5 Å². The number of nitrogens with zero attached hydrogens (tertiary/aromatic N) is 1. The molecule has 0 aliphatic heterocycles. The van der Waals surface area contributed by atoms with E-state index >= 15 is 0 Å². The molecule has 1 atom stereocenters. The van der Waals surface area contributed by atoms with Crippen LogP contribution in [0.15, 0.2) is 36.4 Å². The molecule has 10 heteroatoms. The van der Waals surface area contributed by atoms with E-state index < -0.39 is 18.1 Å². The number of aryl methyl sites for hydroxylation is 3. The maximum Gasteiger partial charge on any atom is 0.491 e. The van der Waals surface area contributed by atoms with Crippen molar-refractivity contribution in [1.82, 2.24) is 4.98 Å². The number of ether oxygens (including phenoxy) is 2. The molecule has 190 valence electrons. The van der Waals surface area contributed by atoms with Gasteiger partial charge in [0.1, 0.15) is 10.8 Å². The summed E-state index contributed by atoms with van der Waals surface area (Å²) in [6.07, 6.45) is -3.61. The molecule has 36 heavy (non-hydrogen) atoms.